The fourth-order valence-corrected chi connectivity index (χ4v) is 6.93. The lowest BCUT2D eigenvalue weighted by Gasteiger charge is -2.48. The molecule has 1 aliphatic heterocycles. The summed E-state index contributed by atoms with van der Waals surface area (Å²) in [6.07, 6.45) is 7.41. The Hall–Kier alpha value is -3.11. The molecule has 2 fully saturated rings. The molecule has 3 aromatic heterocycles. The molecule has 10 heteroatoms. The first kappa shape index (κ1) is 31.3. The van der Waals surface area contributed by atoms with Gasteiger partial charge in [0.15, 0.2) is 13.9 Å². The highest BCUT2D eigenvalue weighted by atomic mass is 28.4. The number of amides is 1. The van der Waals surface area contributed by atoms with E-state index in [4.69, 9.17) is 18.6 Å². The number of nitrogens with one attached hydrogen (secondary N) is 2. The molecular formula is C33H49N5O4Si. The largest absolute Gasteiger partial charge is 0.462 e. The Balaban J connectivity index is 1.36. The van der Waals surface area contributed by atoms with Crippen molar-refractivity contribution in [2.24, 2.45) is 5.92 Å². The lowest BCUT2D eigenvalue weighted by Crippen LogP contribution is -2.62. The summed E-state index contributed by atoms with van der Waals surface area (Å²) in [4.78, 5) is 24.7. The second-order valence-electron chi connectivity index (χ2n) is 14.8. The number of hydrogen-bond acceptors (Lipinski definition) is 8. The molecule has 5 rings (SSSR count). The highest BCUT2D eigenvalue weighted by Crippen LogP contribution is 2.43. The molecule has 1 saturated heterocycles. The Kier molecular flexibility index (Phi) is 8.57. The second kappa shape index (κ2) is 11.8. The molecule has 2 N–H and O–H groups in total. The van der Waals surface area contributed by atoms with E-state index in [-0.39, 0.29) is 23.1 Å². The van der Waals surface area contributed by atoms with Crippen LogP contribution in [0.4, 0.5) is 16.2 Å². The summed E-state index contributed by atoms with van der Waals surface area (Å²) < 4.78 is 18.4. The van der Waals surface area contributed by atoms with Crippen LogP contribution in [0.1, 0.15) is 78.5 Å². The molecular weight excluding hydrogens is 558 g/mol. The van der Waals surface area contributed by atoms with Gasteiger partial charge in [-0.05, 0) is 75.9 Å². The summed E-state index contributed by atoms with van der Waals surface area (Å²) in [7, 11) is -2.10. The molecule has 2 aliphatic rings. The molecule has 0 spiro atoms. The van der Waals surface area contributed by atoms with Crippen LogP contribution in [0.15, 0.2) is 41.3 Å². The molecule has 1 saturated carbocycles. The highest BCUT2D eigenvalue weighted by molar-refractivity contribution is 6.74. The summed E-state index contributed by atoms with van der Waals surface area (Å²) >= 11 is 0. The first-order valence-electron chi connectivity index (χ1n) is 15.6. The lowest BCUT2D eigenvalue weighted by atomic mass is 9.92. The predicted octanol–water partition coefficient (Wildman–Crippen LogP) is 7.45. The third-order valence-electron chi connectivity index (χ3n) is 8.94. The van der Waals surface area contributed by atoms with Crippen LogP contribution in [-0.2, 0) is 15.7 Å². The van der Waals surface area contributed by atoms with E-state index in [0.717, 1.165) is 34.7 Å². The molecule has 4 heterocycles. The standard InChI is InChI=1S/C33H49N5O4Si/c1-21-18-38(19-26(37-31(39)41-32(2,3)4)30(21)42-43(8,9)33(5,6)7)27-14-15-34-17-25(27)35-16-23-12-13-28-29(36-23)24(20-40-28)22-10-11-22/h12-15,17,20-22,26,30,35H,10-11,16,18-19H2,1-9H3,(H,37,39)/t21-,26+,30?/m0/s1. The molecule has 43 heavy (non-hydrogen) atoms. The number of alkyl carbamates (subject to hydrolysis) is 1. The van der Waals surface area contributed by atoms with Gasteiger partial charge < -0.3 is 29.1 Å². The van der Waals surface area contributed by atoms with Gasteiger partial charge in [-0.15, -0.1) is 0 Å². The van der Waals surface area contributed by atoms with E-state index in [1.807, 2.05) is 57.6 Å². The van der Waals surface area contributed by atoms with E-state index in [1.54, 1.807) is 0 Å². The normalized spacial score (nSPS) is 21.6. The number of carbonyl (C=O) groups is 1. The number of nitrogens with zero attached hydrogens (tertiary/aromatic N) is 3. The van der Waals surface area contributed by atoms with Crippen molar-refractivity contribution in [1.29, 1.82) is 0 Å². The van der Waals surface area contributed by atoms with Gasteiger partial charge in [0.25, 0.3) is 0 Å². The zero-order valence-electron chi connectivity index (χ0n) is 27.3. The lowest BCUT2D eigenvalue weighted by molar-refractivity contribution is 0.0336. The third kappa shape index (κ3) is 7.34. The van der Waals surface area contributed by atoms with Gasteiger partial charge in [0.1, 0.15) is 11.1 Å². The maximum Gasteiger partial charge on any atom is 0.408 e. The Morgan fingerprint density at radius 2 is 1.86 bits per heavy atom. The van der Waals surface area contributed by atoms with Gasteiger partial charge in [-0.25, -0.2) is 9.78 Å². The average molecular weight is 608 g/mol. The van der Waals surface area contributed by atoms with Crippen LogP contribution < -0.4 is 15.5 Å². The van der Waals surface area contributed by atoms with Crippen LogP contribution in [0.5, 0.6) is 0 Å². The van der Waals surface area contributed by atoms with Crippen LogP contribution in [0.25, 0.3) is 11.1 Å². The molecule has 0 radical (unpaired) electrons. The maximum atomic E-state index is 13.0. The number of fused-ring (bicyclic) bond motifs is 1. The Labute approximate surface area is 257 Å². The summed E-state index contributed by atoms with van der Waals surface area (Å²) in [6.45, 7) is 21.1. The number of ether oxygens (including phenoxy) is 1. The average Bonchev–Trinajstić information content (AvgIpc) is 3.66. The molecule has 3 atom stereocenters. The Morgan fingerprint density at radius 3 is 2.53 bits per heavy atom. The maximum absolute atomic E-state index is 13.0. The SMILES string of the molecule is C[C@H]1CN(c2ccncc2NCc2ccc3occ(C4CC4)c3n2)C[C@@H](NC(=O)OC(C)(C)C)C1O[Si](C)(C)C(C)(C)C. The van der Waals surface area contributed by atoms with Crippen molar-refractivity contribution in [3.63, 3.8) is 0 Å². The van der Waals surface area contributed by atoms with Crippen LogP contribution in [0.3, 0.4) is 0 Å². The molecule has 9 nitrogen and oxygen atoms in total. The van der Waals surface area contributed by atoms with Crippen molar-refractivity contribution in [3.05, 3.63) is 48.1 Å². The summed E-state index contributed by atoms with van der Waals surface area (Å²) in [5.74, 6) is 0.740. The van der Waals surface area contributed by atoms with Crippen LogP contribution >= 0.6 is 0 Å². The van der Waals surface area contributed by atoms with Crippen LogP contribution in [0, 0.1) is 5.92 Å². The number of rotatable bonds is 8. The molecule has 1 aliphatic carbocycles. The van der Waals surface area contributed by atoms with Crippen LogP contribution in [0.2, 0.25) is 18.1 Å². The van der Waals surface area contributed by atoms with E-state index < -0.39 is 20.0 Å². The van der Waals surface area contributed by atoms with Crippen molar-refractivity contribution in [2.45, 2.75) is 110 Å². The minimum atomic E-state index is -2.10. The van der Waals surface area contributed by atoms with Crippen molar-refractivity contribution in [2.75, 3.05) is 23.3 Å². The van der Waals surface area contributed by atoms with E-state index in [9.17, 15) is 4.79 Å². The Bertz CT molecular complexity index is 1440. The molecule has 1 unspecified atom stereocenters. The smallest absolute Gasteiger partial charge is 0.408 e. The zero-order valence-corrected chi connectivity index (χ0v) is 28.3. The molecule has 0 bridgehead atoms. The van der Waals surface area contributed by atoms with Gasteiger partial charge in [-0.1, -0.05) is 27.7 Å². The van der Waals surface area contributed by atoms with Gasteiger partial charge >= 0.3 is 6.09 Å². The van der Waals surface area contributed by atoms with Gasteiger partial charge in [0.05, 0.1) is 48.2 Å². The van der Waals surface area contributed by atoms with Crippen molar-refractivity contribution >= 4 is 36.9 Å². The minimum absolute atomic E-state index is 0.0510. The third-order valence-corrected chi connectivity index (χ3v) is 13.4. The molecule has 1 amide bonds. The summed E-state index contributed by atoms with van der Waals surface area (Å²) in [6, 6.07) is 5.81. The van der Waals surface area contributed by atoms with Gasteiger partial charge in [-0.2, -0.15) is 0 Å². The van der Waals surface area contributed by atoms with E-state index >= 15 is 0 Å². The first-order chi connectivity index (χ1) is 20.1. The van der Waals surface area contributed by atoms with Gasteiger partial charge in [-0.3, -0.25) is 4.98 Å². The second-order valence-corrected chi connectivity index (χ2v) is 19.6. The van der Waals surface area contributed by atoms with E-state index in [0.29, 0.717) is 19.0 Å². The number of carbonyl (C=O) groups excluding carboxylic acids is 1. The number of piperidine rings is 1. The minimum Gasteiger partial charge on any atom is -0.462 e. The van der Waals surface area contributed by atoms with E-state index in [1.165, 1.54) is 18.4 Å². The number of aromatic nitrogens is 2. The summed E-state index contributed by atoms with van der Waals surface area (Å²) in [5.41, 5.74) is 5.35. The van der Waals surface area contributed by atoms with Crippen molar-refractivity contribution in [1.82, 2.24) is 15.3 Å². The van der Waals surface area contributed by atoms with Gasteiger partial charge in [0, 0.05) is 30.8 Å². The quantitative estimate of drug-likeness (QED) is 0.255. The van der Waals surface area contributed by atoms with Crippen molar-refractivity contribution in [3.8, 4) is 0 Å². The monoisotopic (exact) mass is 607 g/mol. The predicted molar refractivity (Wildman–Crippen MR) is 174 cm³/mol. The molecule has 3 aromatic rings. The number of hydrogen-bond donors (Lipinski definition) is 2. The van der Waals surface area contributed by atoms with E-state index in [2.05, 4.69) is 61.3 Å². The summed E-state index contributed by atoms with van der Waals surface area (Å²) in [5, 5.41) is 6.82. The topological polar surface area (TPSA) is 102 Å². The van der Waals surface area contributed by atoms with Gasteiger partial charge in [0.2, 0.25) is 0 Å². The van der Waals surface area contributed by atoms with Crippen LogP contribution in [-0.4, -0.2) is 55.2 Å². The Morgan fingerprint density at radius 1 is 1.12 bits per heavy atom. The highest BCUT2D eigenvalue weighted by Gasteiger charge is 2.45. The number of anilines is 2. The number of furan rings is 1. The fraction of sp³-hybridized carbons (Fsp3) is 0.606. The first-order valence-corrected chi connectivity index (χ1v) is 18.5. The molecule has 0 aromatic carbocycles. The van der Waals surface area contributed by atoms with Crippen molar-refractivity contribution < 1.29 is 18.4 Å². The molecule has 234 valence electrons. The zero-order chi connectivity index (χ0) is 31.2. The fourth-order valence-electron chi connectivity index (χ4n) is 5.50. The number of pyridine rings is 2.